The molecule has 0 saturated heterocycles. The second-order valence-corrected chi connectivity index (χ2v) is 3.28. The van der Waals surface area contributed by atoms with Gasteiger partial charge in [-0.3, -0.25) is 4.57 Å². The predicted molar refractivity (Wildman–Crippen MR) is 33.7 cm³/mol. The molecule has 0 aliphatic carbocycles. The first-order chi connectivity index (χ1) is 5.02. The number of rotatable bonds is 5. The molecule has 2 N–H and O–H groups in total. The first-order valence-electron chi connectivity index (χ1n) is 2.82. The van der Waals surface area contributed by atoms with Crippen LogP contribution < -0.4 is 34.5 Å². The van der Waals surface area contributed by atoms with Crippen LogP contribution in [-0.2, 0) is 13.6 Å². The third-order valence-electron chi connectivity index (χ3n) is 0.859. The van der Waals surface area contributed by atoms with Gasteiger partial charge in [-0.15, -0.1) is 0 Å². The van der Waals surface area contributed by atoms with Gasteiger partial charge in [0.05, 0.1) is 13.2 Å². The van der Waals surface area contributed by atoms with Crippen LogP contribution >= 0.6 is 7.82 Å². The Bertz CT molecular complexity index is 152. The minimum absolute atomic E-state index is 0. The van der Waals surface area contributed by atoms with Gasteiger partial charge in [0.25, 0.3) is 7.82 Å². The number of hydrogen-bond donors (Lipinski definition) is 2. The van der Waals surface area contributed by atoms with Crippen molar-refractivity contribution >= 4 is 7.82 Å². The quantitative estimate of drug-likeness (QED) is 0.349. The van der Waals surface area contributed by atoms with Gasteiger partial charge in [0.2, 0.25) is 0 Å². The van der Waals surface area contributed by atoms with E-state index in [1.165, 1.54) is 0 Å². The molecule has 0 rings (SSSR count). The maximum atomic E-state index is 10.4. The minimum Gasteiger partial charge on any atom is -0.756 e. The molecule has 0 bridgehead atoms. The predicted octanol–water partition coefficient (Wildman–Crippen LogP) is -4.52. The van der Waals surface area contributed by atoms with Crippen LogP contribution in [0.4, 0.5) is 0 Å². The van der Waals surface area contributed by atoms with Crippen LogP contribution in [-0.4, -0.2) is 36.6 Å². The fourth-order valence-electron chi connectivity index (χ4n) is 0.283. The smallest absolute Gasteiger partial charge is 0.756 e. The zero-order chi connectivity index (χ0) is 8.91. The Balaban J connectivity index is 0. The Morgan fingerprint density at radius 2 is 2.17 bits per heavy atom. The van der Waals surface area contributed by atoms with Crippen molar-refractivity contribution in [1.82, 2.24) is 0 Å². The molecule has 2 unspecified atom stereocenters. The van der Waals surface area contributed by atoms with Gasteiger partial charge < -0.3 is 24.2 Å². The average Bonchev–Trinajstić information content (AvgIpc) is 2.00. The largest absolute Gasteiger partial charge is 1.00 e. The number of hydrogen-bond acceptors (Lipinski definition) is 6. The van der Waals surface area contributed by atoms with Crippen molar-refractivity contribution in [3.63, 3.8) is 0 Å². The second-order valence-electron chi connectivity index (χ2n) is 1.76. The van der Waals surface area contributed by atoms with Crippen LogP contribution in [0.1, 0.15) is 0 Å². The number of phosphoric acid groups is 1. The van der Waals surface area contributed by atoms with Gasteiger partial charge in [-0.25, -0.2) is 0 Å². The van der Waals surface area contributed by atoms with Crippen LogP contribution in [0.5, 0.6) is 0 Å². The van der Waals surface area contributed by atoms with E-state index < -0.39 is 27.1 Å². The fraction of sp³-hybridized carbons (Fsp3) is 1.00. The molecule has 0 radical (unpaired) electrons. The number of aliphatic hydroxyl groups excluding tert-OH is 2. The topological polar surface area (TPSA) is 99.1 Å². The third kappa shape index (κ3) is 7.67. The van der Waals surface area contributed by atoms with Crippen molar-refractivity contribution in [1.29, 1.82) is 0 Å². The molecule has 0 heterocycles. The van der Waals surface area contributed by atoms with Gasteiger partial charge in [-0.1, -0.05) is 0 Å². The number of phosphoric ester groups is 1. The van der Waals surface area contributed by atoms with Crippen molar-refractivity contribution in [2.45, 2.75) is 6.10 Å². The van der Waals surface area contributed by atoms with E-state index in [1.54, 1.807) is 0 Å². The Labute approximate surface area is 92.4 Å². The van der Waals surface area contributed by atoms with E-state index in [-0.39, 0.29) is 29.6 Å². The summed E-state index contributed by atoms with van der Waals surface area (Å²) in [5.41, 5.74) is 0. The molecule has 0 aliphatic rings. The van der Waals surface area contributed by atoms with Crippen molar-refractivity contribution in [3.05, 3.63) is 0 Å². The van der Waals surface area contributed by atoms with Gasteiger partial charge in [0, 0.05) is 7.11 Å². The monoisotopic (exact) mass is 208 g/mol. The Morgan fingerprint density at radius 1 is 1.67 bits per heavy atom. The van der Waals surface area contributed by atoms with E-state index in [2.05, 4.69) is 9.05 Å². The van der Waals surface area contributed by atoms with Gasteiger partial charge in [-0.2, -0.15) is 0 Å². The summed E-state index contributed by atoms with van der Waals surface area (Å²) in [6.07, 6.45) is -1.20. The standard InChI is InChI=1S/C4H11O6P.Na/c1-9-11(7,8)10-3-4(6)2-5;/h4-6H,2-3H2,1H3,(H,7,8);/q;+1/p-1. The molecule has 0 amide bonds. The van der Waals surface area contributed by atoms with Crippen molar-refractivity contribution in [3.8, 4) is 0 Å². The van der Waals surface area contributed by atoms with Crippen molar-refractivity contribution < 1.29 is 58.3 Å². The van der Waals surface area contributed by atoms with Gasteiger partial charge in [-0.05, 0) is 0 Å². The Kier molecular flexibility index (Phi) is 9.60. The SMILES string of the molecule is COP(=O)([O-])OCC(O)CO.[Na+]. The molecule has 0 aliphatic heterocycles. The molecule has 0 aromatic carbocycles. The summed E-state index contributed by atoms with van der Waals surface area (Å²) >= 11 is 0. The zero-order valence-corrected chi connectivity index (χ0v) is 9.86. The first-order valence-corrected chi connectivity index (χ1v) is 4.28. The summed E-state index contributed by atoms with van der Waals surface area (Å²) in [5.74, 6) is 0. The molecule has 12 heavy (non-hydrogen) atoms. The van der Waals surface area contributed by atoms with E-state index in [1.807, 2.05) is 0 Å². The summed E-state index contributed by atoms with van der Waals surface area (Å²) in [6, 6.07) is 0. The van der Waals surface area contributed by atoms with Crippen LogP contribution in [0.25, 0.3) is 0 Å². The summed E-state index contributed by atoms with van der Waals surface area (Å²) in [5, 5.41) is 16.9. The van der Waals surface area contributed by atoms with Crippen LogP contribution in [0.3, 0.4) is 0 Å². The zero-order valence-electron chi connectivity index (χ0n) is 6.97. The molecule has 0 aromatic rings. The molecule has 6 nitrogen and oxygen atoms in total. The molecule has 0 spiro atoms. The summed E-state index contributed by atoms with van der Waals surface area (Å²) in [6.45, 7) is -1.05. The van der Waals surface area contributed by atoms with Crippen LogP contribution in [0, 0.1) is 0 Å². The summed E-state index contributed by atoms with van der Waals surface area (Å²) in [4.78, 5) is 10.4. The van der Waals surface area contributed by atoms with Crippen molar-refractivity contribution in [2.75, 3.05) is 20.3 Å². The summed E-state index contributed by atoms with van der Waals surface area (Å²) < 4.78 is 18.4. The number of aliphatic hydroxyl groups is 2. The second kappa shape index (κ2) is 7.44. The van der Waals surface area contributed by atoms with Gasteiger partial charge in [0.1, 0.15) is 6.10 Å². The molecule has 68 valence electrons. The van der Waals surface area contributed by atoms with Gasteiger partial charge in [0.15, 0.2) is 0 Å². The molecule has 0 fully saturated rings. The molecular weight excluding hydrogens is 198 g/mol. The molecule has 8 heteroatoms. The van der Waals surface area contributed by atoms with Crippen LogP contribution in [0.2, 0.25) is 0 Å². The maximum absolute atomic E-state index is 10.4. The Morgan fingerprint density at radius 3 is 2.50 bits per heavy atom. The summed E-state index contributed by atoms with van der Waals surface area (Å²) in [7, 11) is -3.32. The van der Waals surface area contributed by atoms with E-state index in [4.69, 9.17) is 10.2 Å². The Hall–Kier alpha value is 1.03. The molecule has 0 saturated carbocycles. The molecule has 2 atom stereocenters. The van der Waals surface area contributed by atoms with E-state index in [9.17, 15) is 9.46 Å². The fourth-order valence-corrected chi connectivity index (χ4v) is 0.743. The first kappa shape index (κ1) is 15.5. The van der Waals surface area contributed by atoms with Crippen molar-refractivity contribution in [2.24, 2.45) is 0 Å². The average molecular weight is 208 g/mol. The van der Waals surface area contributed by atoms with E-state index >= 15 is 0 Å². The van der Waals surface area contributed by atoms with Crippen LogP contribution in [0.15, 0.2) is 0 Å². The maximum Gasteiger partial charge on any atom is 1.00 e. The minimum atomic E-state index is -4.26. The van der Waals surface area contributed by atoms with E-state index in [0.29, 0.717) is 0 Å². The van der Waals surface area contributed by atoms with E-state index in [0.717, 1.165) is 7.11 Å². The molecule has 0 aromatic heterocycles. The molecular formula is C4H10NaO6P. The normalized spacial score (nSPS) is 17.7. The third-order valence-corrected chi connectivity index (χ3v) is 1.77. The van der Waals surface area contributed by atoms with Gasteiger partial charge >= 0.3 is 29.6 Å².